The molecule has 80 valence electrons. The lowest BCUT2D eigenvalue weighted by Crippen LogP contribution is -1.70. The molecular weight excluding hydrogens is 186 g/mol. The first-order chi connectivity index (χ1) is 7.38. The number of aromatic amines is 1. The van der Waals surface area contributed by atoms with Crippen molar-refractivity contribution in [2.45, 2.75) is 26.2 Å². The molecule has 1 heterocycles. The van der Waals surface area contributed by atoms with Gasteiger partial charge in [0.05, 0.1) is 0 Å². The molecular formula is C13H17NO. The van der Waals surface area contributed by atoms with Crippen LogP contribution >= 0.6 is 0 Å². The third-order valence-corrected chi connectivity index (χ3v) is 2.14. The van der Waals surface area contributed by atoms with Crippen LogP contribution in [0.1, 0.15) is 26.2 Å². The van der Waals surface area contributed by atoms with E-state index in [0.29, 0.717) is 0 Å². The molecule has 1 aromatic carbocycles. The van der Waals surface area contributed by atoms with Gasteiger partial charge in [-0.05, 0) is 23.9 Å². The number of unbranched alkanes of at least 4 members (excludes halogenated alkanes) is 2. The molecule has 0 unspecified atom stereocenters. The zero-order valence-electron chi connectivity index (χ0n) is 9.07. The van der Waals surface area contributed by atoms with E-state index < -0.39 is 0 Å². The van der Waals surface area contributed by atoms with Gasteiger partial charge < -0.3 is 9.78 Å². The first-order valence-electron chi connectivity index (χ1n) is 5.34. The quantitative estimate of drug-likeness (QED) is 0.600. The normalized spacial score (nSPS) is 9.40. The van der Waals surface area contributed by atoms with E-state index in [4.69, 9.17) is 0 Å². The molecule has 2 heteroatoms. The van der Waals surface area contributed by atoms with E-state index in [-0.39, 0.29) is 0 Å². The van der Waals surface area contributed by atoms with E-state index >= 15 is 0 Å². The summed E-state index contributed by atoms with van der Waals surface area (Å²) in [5, 5.41) is 1.28. The van der Waals surface area contributed by atoms with Gasteiger partial charge in [0, 0.05) is 18.1 Å². The number of benzene rings is 1. The number of nitrogens with one attached hydrogen (secondary N) is 1. The number of H-pyrrole nitrogens is 1. The summed E-state index contributed by atoms with van der Waals surface area (Å²) >= 11 is 0. The number of para-hydroxylation sites is 1. The van der Waals surface area contributed by atoms with Gasteiger partial charge in [-0.15, -0.1) is 0 Å². The fourth-order valence-corrected chi connectivity index (χ4v) is 1.28. The predicted octanol–water partition coefficient (Wildman–Crippen LogP) is 3.54. The minimum absolute atomic E-state index is 0.733. The van der Waals surface area contributed by atoms with Crippen LogP contribution in [0, 0.1) is 0 Å². The van der Waals surface area contributed by atoms with Crippen LogP contribution in [0.25, 0.3) is 10.9 Å². The highest BCUT2D eigenvalue weighted by Gasteiger charge is 1.86. The summed E-state index contributed by atoms with van der Waals surface area (Å²) in [5.41, 5.74) is 1.21. The third kappa shape index (κ3) is 3.98. The molecule has 0 saturated heterocycles. The van der Waals surface area contributed by atoms with E-state index in [2.05, 4.69) is 30.1 Å². The zero-order chi connectivity index (χ0) is 10.9. The largest absolute Gasteiger partial charge is 0.361 e. The molecule has 0 amide bonds. The Kier molecular flexibility index (Phi) is 5.23. The molecule has 2 nitrogen and oxygen atoms in total. The van der Waals surface area contributed by atoms with E-state index in [9.17, 15) is 4.79 Å². The maximum atomic E-state index is 9.56. The van der Waals surface area contributed by atoms with Crippen molar-refractivity contribution >= 4 is 17.2 Å². The first kappa shape index (κ1) is 11.5. The van der Waals surface area contributed by atoms with Crippen molar-refractivity contribution in [2.75, 3.05) is 0 Å². The maximum Gasteiger partial charge on any atom is 0.119 e. The fourth-order valence-electron chi connectivity index (χ4n) is 1.28. The molecule has 0 atom stereocenters. The number of aldehydes is 1. The standard InChI is InChI=1S/C8H7N.C5H10O/c1-2-4-8-7(3-1)5-6-9-8;1-2-3-4-5-6/h1-6,9H;5H,2-4H2,1H3. The van der Waals surface area contributed by atoms with Crippen LogP contribution in [-0.2, 0) is 4.79 Å². The SMILES string of the molecule is CCCCC=O.c1ccc2[nH]ccc2c1. The summed E-state index contributed by atoms with van der Waals surface area (Å²) in [5.74, 6) is 0. The molecule has 0 saturated carbocycles. The van der Waals surface area contributed by atoms with Crippen LogP contribution in [0.3, 0.4) is 0 Å². The Morgan fingerprint density at radius 2 is 2.07 bits per heavy atom. The Hall–Kier alpha value is -1.57. The average Bonchev–Trinajstić information content (AvgIpc) is 2.75. The lowest BCUT2D eigenvalue weighted by Gasteiger charge is -1.83. The first-order valence-corrected chi connectivity index (χ1v) is 5.34. The van der Waals surface area contributed by atoms with Gasteiger partial charge in [0.15, 0.2) is 0 Å². The Bertz CT molecular complexity index is 362. The highest BCUT2D eigenvalue weighted by molar-refractivity contribution is 5.78. The molecule has 0 aliphatic rings. The van der Waals surface area contributed by atoms with Gasteiger partial charge in [0.25, 0.3) is 0 Å². The number of carbonyl (C=O) groups excluding carboxylic acids is 1. The molecule has 0 bridgehead atoms. The lowest BCUT2D eigenvalue weighted by atomic mass is 10.3. The number of hydrogen-bond donors (Lipinski definition) is 1. The van der Waals surface area contributed by atoms with Crippen molar-refractivity contribution in [1.29, 1.82) is 0 Å². The molecule has 1 aromatic heterocycles. The number of aromatic nitrogens is 1. The van der Waals surface area contributed by atoms with Crippen LogP contribution in [0.4, 0.5) is 0 Å². The van der Waals surface area contributed by atoms with Gasteiger partial charge in [-0.2, -0.15) is 0 Å². The monoisotopic (exact) mass is 203 g/mol. The van der Waals surface area contributed by atoms with Crippen molar-refractivity contribution < 1.29 is 4.79 Å². The molecule has 15 heavy (non-hydrogen) atoms. The number of carbonyl (C=O) groups is 1. The van der Waals surface area contributed by atoms with Crippen LogP contribution in [-0.4, -0.2) is 11.3 Å². The third-order valence-electron chi connectivity index (χ3n) is 2.14. The minimum Gasteiger partial charge on any atom is -0.361 e. The smallest absolute Gasteiger partial charge is 0.119 e. The van der Waals surface area contributed by atoms with Crippen molar-refractivity contribution in [1.82, 2.24) is 4.98 Å². The highest BCUT2D eigenvalue weighted by atomic mass is 16.1. The van der Waals surface area contributed by atoms with E-state index in [1.165, 1.54) is 10.9 Å². The second-order valence-corrected chi connectivity index (χ2v) is 3.37. The average molecular weight is 203 g/mol. The van der Waals surface area contributed by atoms with Crippen molar-refractivity contribution in [3.63, 3.8) is 0 Å². The van der Waals surface area contributed by atoms with Gasteiger partial charge >= 0.3 is 0 Å². The maximum absolute atomic E-state index is 9.56. The Morgan fingerprint density at radius 3 is 2.67 bits per heavy atom. The fraction of sp³-hybridized carbons (Fsp3) is 0.308. The summed E-state index contributed by atoms with van der Waals surface area (Å²) in [6, 6.07) is 10.3. The van der Waals surface area contributed by atoms with E-state index in [1.807, 2.05) is 18.3 Å². The molecule has 1 N–H and O–H groups in total. The molecule has 0 aliphatic carbocycles. The van der Waals surface area contributed by atoms with Crippen molar-refractivity contribution in [3.8, 4) is 0 Å². The Labute approximate surface area is 90.3 Å². The Morgan fingerprint density at radius 1 is 1.27 bits per heavy atom. The van der Waals surface area contributed by atoms with E-state index in [0.717, 1.165) is 25.5 Å². The Balaban J connectivity index is 0.000000167. The van der Waals surface area contributed by atoms with Crippen molar-refractivity contribution in [3.05, 3.63) is 36.5 Å². The number of hydrogen-bond acceptors (Lipinski definition) is 1. The van der Waals surface area contributed by atoms with Gasteiger partial charge in [0.2, 0.25) is 0 Å². The van der Waals surface area contributed by atoms with Gasteiger partial charge in [-0.1, -0.05) is 31.5 Å². The van der Waals surface area contributed by atoms with Crippen LogP contribution < -0.4 is 0 Å². The summed E-state index contributed by atoms with van der Waals surface area (Å²) in [4.78, 5) is 12.7. The summed E-state index contributed by atoms with van der Waals surface area (Å²) in [6.07, 6.45) is 5.81. The van der Waals surface area contributed by atoms with Gasteiger partial charge in [0.1, 0.15) is 6.29 Å². The van der Waals surface area contributed by atoms with Crippen LogP contribution in [0.15, 0.2) is 36.5 Å². The summed E-state index contributed by atoms with van der Waals surface area (Å²) in [6.45, 7) is 2.07. The second kappa shape index (κ2) is 6.82. The summed E-state index contributed by atoms with van der Waals surface area (Å²) in [7, 11) is 0. The molecule has 2 rings (SSSR count). The number of rotatable bonds is 3. The molecule has 0 spiro atoms. The predicted molar refractivity (Wildman–Crippen MR) is 63.9 cm³/mol. The van der Waals surface area contributed by atoms with Crippen LogP contribution in [0.5, 0.6) is 0 Å². The minimum atomic E-state index is 0.733. The number of fused-ring (bicyclic) bond motifs is 1. The van der Waals surface area contributed by atoms with E-state index in [1.54, 1.807) is 0 Å². The van der Waals surface area contributed by atoms with Crippen LogP contribution in [0.2, 0.25) is 0 Å². The second-order valence-electron chi connectivity index (χ2n) is 3.37. The molecule has 0 fully saturated rings. The molecule has 2 aromatic rings. The molecule has 0 aliphatic heterocycles. The zero-order valence-corrected chi connectivity index (χ0v) is 9.07. The van der Waals surface area contributed by atoms with Gasteiger partial charge in [-0.25, -0.2) is 0 Å². The topological polar surface area (TPSA) is 32.9 Å². The van der Waals surface area contributed by atoms with Gasteiger partial charge in [-0.3, -0.25) is 0 Å². The lowest BCUT2D eigenvalue weighted by molar-refractivity contribution is -0.107. The van der Waals surface area contributed by atoms with Crippen molar-refractivity contribution in [2.24, 2.45) is 0 Å². The molecule has 0 radical (unpaired) electrons. The summed E-state index contributed by atoms with van der Waals surface area (Å²) < 4.78 is 0. The highest BCUT2D eigenvalue weighted by Crippen LogP contribution is 2.09.